The summed E-state index contributed by atoms with van der Waals surface area (Å²) in [6, 6.07) is 0. The Kier molecular flexibility index (Phi) is 55.7. The number of phosphoric acid groups is 1. The van der Waals surface area contributed by atoms with Crippen LogP contribution in [0.15, 0.2) is 72.9 Å². The summed E-state index contributed by atoms with van der Waals surface area (Å²) in [6.07, 6.45) is 65.9. The summed E-state index contributed by atoms with van der Waals surface area (Å²) in [7, 11) is -4.77. The van der Waals surface area contributed by atoms with Crippen LogP contribution in [-0.4, -0.2) is 66.5 Å². The van der Waals surface area contributed by atoms with E-state index >= 15 is 0 Å². The number of hydrogen-bond donors (Lipinski definition) is 2. The summed E-state index contributed by atoms with van der Waals surface area (Å²) in [5.74, 6) is -1.55. The lowest BCUT2D eigenvalue weighted by molar-refractivity contribution is -0.161. The number of phosphoric ester groups is 1. The third-order valence-electron chi connectivity index (χ3n) is 13.2. The van der Waals surface area contributed by atoms with Crippen LogP contribution in [0.5, 0.6) is 0 Å². The monoisotopic (exact) mass is 1090 g/mol. The molecule has 0 heterocycles. The molecule has 12 heteroatoms. The first-order valence-electron chi connectivity index (χ1n) is 30.8. The average Bonchev–Trinajstić information content (AvgIpc) is 3.41. The van der Waals surface area contributed by atoms with Gasteiger partial charge in [0.15, 0.2) is 6.10 Å². The van der Waals surface area contributed by atoms with Gasteiger partial charge in [-0.3, -0.25) is 23.4 Å². The third kappa shape index (κ3) is 55.7. The standard InChI is InChI=1S/C64H113O11P/c1-4-7-10-13-16-19-22-24-26-28-30-32-34-36-39-42-45-48-51-54-63(67)74-60(56-65)58-72-76(69,70)73-59-61(57-71-62(66)53-50-47-44-41-38-21-18-15-12-9-6-3)75-64(68)55-52-49-46-43-40-37-35-33-31-29-27-25-23-20-17-14-11-8-5-2/h8,11,17,20,25,27,31,33,37,40,46,49,60-61,65H,4-7,9-10,12-16,18-19,21-24,26,28-30,32,34-36,38-39,41-45,47-48,50-59H2,1-3H3,(H,69,70)/b11-8-,20-17-,27-25-,33-31-,40-37-,49-46-. The zero-order valence-corrected chi connectivity index (χ0v) is 49.6. The number of ether oxygens (including phenoxy) is 3. The van der Waals surface area contributed by atoms with Gasteiger partial charge in [0.05, 0.1) is 19.8 Å². The number of rotatable bonds is 57. The molecule has 0 bridgehead atoms. The van der Waals surface area contributed by atoms with E-state index < -0.39 is 57.8 Å². The average molecular weight is 1090 g/mol. The smallest absolute Gasteiger partial charge is 0.462 e. The van der Waals surface area contributed by atoms with Crippen LogP contribution in [0, 0.1) is 0 Å². The van der Waals surface area contributed by atoms with E-state index in [4.69, 9.17) is 23.3 Å². The van der Waals surface area contributed by atoms with E-state index in [2.05, 4.69) is 81.5 Å². The summed E-state index contributed by atoms with van der Waals surface area (Å²) in [5, 5.41) is 9.84. The van der Waals surface area contributed by atoms with E-state index in [0.29, 0.717) is 19.3 Å². The van der Waals surface area contributed by atoms with E-state index in [1.807, 2.05) is 12.2 Å². The molecule has 0 saturated carbocycles. The Bertz CT molecular complexity index is 1550. The Balaban J connectivity index is 4.70. The van der Waals surface area contributed by atoms with E-state index in [0.717, 1.165) is 77.0 Å². The second kappa shape index (κ2) is 58.1. The summed E-state index contributed by atoms with van der Waals surface area (Å²) in [5.41, 5.74) is 0. The minimum Gasteiger partial charge on any atom is -0.462 e. The number of carbonyl (C=O) groups is 3. The van der Waals surface area contributed by atoms with Crippen molar-refractivity contribution in [2.75, 3.05) is 26.4 Å². The number of hydrogen-bond acceptors (Lipinski definition) is 10. The molecular formula is C64H113O11P. The van der Waals surface area contributed by atoms with Crippen molar-refractivity contribution in [1.82, 2.24) is 0 Å². The molecule has 440 valence electrons. The Labute approximate surface area is 465 Å². The first-order valence-corrected chi connectivity index (χ1v) is 32.3. The maximum Gasteiger partial charge on any atom is 0.472 e. The number of allylic oxidation sites excluding steroid dienone is 12. The molecule has 11 nitrogen and oxygen atoms in total. The Hall–Kier alpha value is -3.08. The molecule has 0 aromatic carbocycles. The van der Waals surface area contributed by atoms with Gasteiger partial charge in [-0.1, -0.05) is 273 Å². The SMILES string of the molecule is CC/C=C\C/C=C\C/C=C\C/C=C\C/C=C\C/C=C\CCC(=O)OC(COC(=O)CCCCCCCCCCCCC)COP(=O)(O)OCC(CO)OC(=O)CCCCCCCCCCCCCCCCCCCCC. The summed E-state index contributed by atoms with van der Waals surface area (Å²) in [6.45, 7) is 4.48. The minimum atomic E-state index is -4.77. The summed E-state index contributed by atoms with van der Waals surface area (Å²) < 4.78 is 39.5. The van der Waals surface area contributed by atoms with Crippen LogP contribution in [0.3, 0.4) is 0 Å². The van der Waals surface area contributed by atoms with Crippen LogP contribution in [-0.2, 0) is 42.2 Å². The molecule has 3 unspecified atom stereocenters. The maximum atomic E-state index is 12.9. The fraction of sp³-hybridized carbons (Fsp3) is 0.766. The van der Waals surface area contributed by atoms with Gasteiger partial charge >= 0.3 is 25.7 Å². The molecule has 0 spiro atoms. The topological polar surface area (TPSA) is 155 Å². The maximum absolute atomic E-state index is 12.9. The predicted octanol–water partition coefficient (Wildman–Crippen LogP) is 18.5. The van der Waals surface area contributed by atoms with Crippen molar-refractivity contribution in [1.29, 1.82) is 0 Å². The highest BCUT2D eigenvalue weighted by Crippen LogP contribution is 2.43. The van der Waals surface area contributed by atoms with Gasteiger partial charge in [0.25, 0.3) is 0 Å². The Morgan fingerprint density at radius 1 is 0.382 bits per heavy atom. The number of esters is 3. The van der Waals surface area contributed by atoms with Gasteiger partial charge in [-0.25, -0.2) is 4.57 Å². The summed E-state index contributed by atoms with van der Waals surface area (Å²) in [4.78, 5) is 48.5. The fourth-order valence-electron chi connectivity index (χ4n) is 8.50. The van der Waals surface area contributed by atoms with Gasteiger partial charge in [0.1, 0.15) is 12.7 Å². The normalized spacial score (nSPS) is 13.8. The molecule has 0 aromatic heterocycles. The summed E-state index contributed by atoms with van der Waals surface area (Å²) >= 11 is 0. The van der Waals surface area contributed by atoms with Crippen molar-refractivity contribution in [3.63, 3.8) is 0 Å². The highest BCUT2D eigenvalue weighted by molar-refractivity contribution is 7.47. The highest BCUT2D eigenvalue weighted by Gasteiger charge is 2.28. The second-order valence-corrected chi connectivity index (χ2v) is 22.0. The van der Waals surface area contributed by atoms with Gasteiger partial charge in [-0.15, -0.1) is 0 Å². The van der Waals surface area contributed by atoms with Crippen molar-refractivity contribution in [3.8, 4) is 0 Å². The Morgan fingerprint density at radius 2 is 0.684 bits per heavy atom. The number of aliphatic hydroxyl groups excluding tert-OH is 1. The zero-order chi connectivity index (χ0) is 55.5. The second-order valence-electron chi connectivity index (χ2n) is 20.5. The lowest BCUT2D eigenvalue weighted by Crippen LogP contribution is -2.30. The first-order chi connectivity index (χ1) is 37.2. The van der Waals surface area contributed by atoms with Crippen molar-refractivity contribution < 1.29 is 52.2 Å². The van der Waals surface area contributed by atoms with E-state index in [-0.39, 0.29) is 25.9 Å². The molecule has 76 heavy (non-hydrogen) atoms. The zero-order valence-electron chi connectivity index (χ0n) is 48.7. The third-order valence-corrected chi connectivity index (χ3v) is 14.1. The lowest BCUT2D eigenvalue weighted by atomic mass is 10.0. The largest absolute Gasteiger partial charge is 0.472 e. The predicted molar refractivity (Wildman–Crippen MR) is 316 cm³/mol. The molecule has 0 aromatic rings. The van der Waals surface area contributed by atoms with Gasteiger partial charge in [-0.05, 0) is 57.8 Å². The molecule has 2 N–H and O–H groups in total. The molecule has 0 amide bonds. The van der Waals surface area contributed by atoms with Crippen LogP contribution in [0.2, 0.25) is 0 Å². The molecule has 0 rings (SSSR count). The van der Waals surface area contributed by atoms with E-state index in [9.17, 15) is 28.9 Å². The van der Waals surface area contributed by atoms with E-state index in [1.165, 1.54) is 141 Å². The van der Waals surface area contributed by atoms with Crippen molar-refractivity contribution in [2.45, 2.75) is 290 Å². The molecule has 0 aliphatic rings. The minimum absolute atomic E-state index is 0.0434. The number of carbonyl (C=O) groups excluding carboxylic acids is 3. The molecule has 3 atom stereocenters. The van der Waals surface area contributed by atoms with Crippen molar-refractivity contribution in [2.24, 2.45) is 0 Å². The fourth-order valence-corrected chi connectivity index (χ4v) is 9.29. The van der Waals surface area contributed by atoms with Crippen LogP contribution < -0.4 is 0 Å². The molecule has 0 radical (unpaired) electrons. The van der Waals surface area contributed by atoms with Crippen LogP contribution in [0.25, 0.3) is 0 Å². The van der Waals surface area contributed by atoms with Gasteiger partial charge in [0.2, 0.25) is 0 Å². The van der Waals surface area contributed by atoms with Gasteiger partial charge < -0.3 is 24.2 Å². The van der Waals surface area contributed by atoms with Gasteiger partial charge in [0, 0.05) is 19.3 Å². The first kappa shape index (κ1) is 72.9. The van der Waals surface area contributed by atoms with Crippen molar-refractivity contribution >= 4 is 25.7 Å². The highest BCUT2D eigenvalue weighted by atomic mass is 31.2. The quantitative estimate of drug-likeness (QED) is 0.0197. The van der Waals surface area contributed by atoms with Crippen LogP contribution in [0.1, 0.15) is 278 Å². The molecule has 0 saturated heterocycles. The molecule has 0 aliphatic heterocycles. The van der Waals surface area contributed by atoms with Crippen LogP contribution in [0.4, 0.5) is 0 Å². The molecule has 0 aliphatic carbocycles. The molecule has 0 fully saturated rings. The lowest BCUT2D eigenvalue weighted by Gasteiger charge is -2.21. The Morgan fingerprint density at radius 3 is 1.05 bits per heavy atom. The molecular weight excluding hydrogens is 976 g/mol. The number of aliphatic hydroxyl groups is 1. The van der Waals surface area contributed by atoms with Crippen LogP contribution >= 0.6 is 7.82 Å². The van der Waals surface area contributed by atoms with Crippen molar-refractivity contribution in [3.05, 3.63) is 72.9 Å². The van der Waals surface area contributed by atoms with E-state index in [1.54, 1.807) is 0 Å². The van der Waals surface area contributed by atoms with Gasteiger partial charge in [-0.2, -0.15) is 0 Å². The number of unbranched alkanes of at least 4 members (excludes halogenated alkanes) is 28.